The summed E-state index contributed by atoms with van der Waals surface area (Å²) in [6.45, 7) is 3.29. The van der Waals surface area contributed by atoms with Crippen LogP contribution in [0.15, 0.2) is 54.7 Å². The molecule has 0 saturated heterocycles. The smallest absolute Gasteiger partial charge is 0.322 e. The number of rotatable bonds is 3. The Balaban J connectivity index is 1.64. The quantitative estimate of drug-likeness (QED) is 0.396. The third kappa shape index (κ3) is 4.27. The second kappa shape index (κ2) is 8.20. The highest BCUT2D eigenvalue weighted by atomic mass is 35.5. The summed E-state index contributed by atoms with van der Waals surface area (Å²) in [5, 5.41) is 3.09. The molecule has 2 aromatic carbocycles. The van der Waals surface area contributed by atoms with Crippen molar-refractivity contribution in [3.05, 3.63) is 82.3 Å². The average Bonchev–Trinajstić information content (AvgIpc) is 2.74. The van der Waals surface area contributed by atoms with E-state index >= 15 is 0 Å². The molecule has 0 spiro atoms. The number of aromatic nitrogens is 3. The fraction of sp³-hybridized carbons (Fsp3) is 0.130. The molecule has 0 radical (unpaired) electrons. The van der Waals surface area contributed by atoms with Gasteiger partial charge in [-0.25, -0.2) is 9.97 Å². The molecule has 0 aliphatic carbocycles. The predicted molar refractivity (Wildman–Crippen MR) is 117 cm³/mol. The van der Waals surface area contributed by atoms with E-state index in [9.17, 15) is 18.0 Å². The van der Waals surface area contributed by atoms with Crippen molar-refractivity contribution in [2.24, 2.45) is 0 Å². The summed E-state index contributed by atoms with van der Waals surface area (Å²) in [6.07, 6.45) is -2.98. The van der Waals surface area contributed by atoms with Crippen molar-refractivity contribution in [3.8, 4) is 11.3 Å². The molecule has 0 fully saturated rings. The van der Waals surface area contributed by atoms with E-state index in [1.165, 1.54) is 6.92 Å². The Kier molecular flexibility index (Phi) is 5.56. The maximum absolute atomic E-state index is 12.8. The highest BCUT2D eigenvalue weighted by Gasteiger charge is 2.33. The number of anilines is 1. The first-order chi connectivity index (χ1) is 15.1. The fourth-order valence-corrected chi connectivity index (χ4v) is 3.49. The van der Waals surface area contributed by atoms with Crippen molar-refractivity contribution >= 4 is 34.2 Å². The van der Waals surface area contributed by atoms with Gasteiger partial charge in [-0.15, -0.1) is 0 Å². The molecule has 0 bridgehead atoms. The number of nitrogens with one attached hydrogen (secondary N) is 1. The number of halogens is 4. The van der Waals surface area contributed by atoms with Gasteiger partial charge in [0.15, 0.2) is 0 Å². The Morgan fingerprint density at radius 2 is 1.81 bits per heavy atom. The topological polar surface area (TPSA) is 67.8 Å². The normalized spacial score (nSPS) is 11.6. The van der Waals surface area contributed by atoms with E-state index < -0.39 is 17.8 Å². The highest BCUT2D eigenvalue weighted by Crippen LogP contribution is 2.31. The lowest BCUT2D eigenvalue weighted by Gasteiger charge is -2.12. The van der Waals surface area contributed by atoms with Crippen LogP contribution in [-0.2, 0) is 6.18 Å². The van der Waals surface area contributed by atoms with Crippen molar-refractivity contribution in [1.82, 2.24) is 15.0 Å². The lowest BCUT2D eigenvalue weighted by Crippen LogP contribution is -2.16. The largest absolute Gasteiger partial charge is 0.433 e. The van der Waals surface area contributed by atoms with Gasteiger partial charge < -0.3 is 5.32 Å². The van der Waals surface area contributed by atoms with E-state index in [1.807, 2.05) is 25.1 Å². The number of benzene rings is 2. The van der Waals surface area contributed by atoms with E-state index in [-0.39, 0.29) is 11.3 Å². The molecule has 4 aromatic rings. The molecule has 2 heterocycles. The first-order valence-electron chi connectivity index (χ1n) is 9.52. The van der Waals surface area contributed by atoms with Gasteiger partial charge in [0.05, 0.1) is 39.2 Å². The lowest BCUT2D eigenvalue weighted by molar-refractivity contribution is -0.141. The molecule has 4 rings (SSSR count). The van der Waals surface area contributed by atoms with Gasteiger partial charge in [-0.2, -0.15) is 13.2 Å². The summed E-state index contributed by atoms with van der Waals surface area (Å²) in [5.74, 6) is -0.586. The third-order valence-electron chi connectivity index (χ3n) is 4.89. The van der Waals surface area contributed by atoms with Crippen LogP contribution in [0.1, 0.15) is 27.3 Å². The van der Waals surface area contributed by atoms with E-state index in [0.29, 0.717) is 27.5 Å². The monoisotopic (exact) mass is 456 g/mol. The van der Waals surface area contributed by atoms with Crippen molar-refractivity contribution in [3.63, 3.8) is 0 Å². The van der Waals surface area contributed by atoms with Crippen molar-refractivity contribution in [2.75, 3.05) is 5.32 Å². The van der Waals surface area contributed by atoms with Crippen LogP contribution in [0.3, 0.4) is 0 Å². The number of pyridine rings is 1. The van der Waals surface area contributed by atoms with Gasteiger partial charge in [-0.05, 0) is 55.8 Å². The average molecular weight is 457 g/mol. The molecule has 0 saturated carbocycles. The number of hydrogen-bond donors (Lipinski definition) is 1. The molecule has 0 unspecified atom stereocenters. The van der Waals surface area contributed by atoms with Gasteiger partial charge in [0.1, 0.15) is 5.69 Å². The predicted octanol–water partition coefficient (Wildman–Crippen LogP) is 6.23. The number of amides is 1. The highest BCUT2D eigenvalue weighted by molar-refractivity contribution is 6.33. The molecule has 162 valence electrons. The number of carbonyl (C=O) groups is 1. The second-order valence-corrected chi connectivity index (χ2v) is 7.58. The number of nitrogens with zero attached hydrogens (tertiary/aromatic N) is 3. The first-order valence-corrected chi connectivity index (χ1v) is 9.90. The number of fused-ring (bicyclic) bond motifs is 1. The Bertz CT molecular complexity index is 1360. The zero-order valence-electron chi connectivity index (χ0n) is 17.0. The minimum atomic E-state index is -4.58. The maximum atomic E-state index is 12.8. The molecule has 1 N–H and O–H groups in total. The molecule has 32 heavy (non-hydrogen) atoms. The third-order valence-corrected chi connectivity index (χ3v) is 5.22. The standard InChI is InChI=1S/C23H16ClF3N4O/c1-12-4-3-5-18-21(12)28-11-19(31-18)16-10-14(6-8-17(16)24)30-22(32)15-7-9-20(23(25,26)27)29-13(15)2/h3-11H,1-2H3,(H,30,32). The van der Waals surface area contributed by atoms with Gasteiger partial charge in [0, 0.05) is 11.3 Å². The second-order valence-electron chi connectivity index (χ2n) is 7.17. The van der Waals surface area contributed by atoms with Gasteiger partial charge in [-0.3, -0.25) is 9.78 Å². The summed E-state index contributed by atoms with van der Waals surface area (Å²) in [6, 6.07) is 12.4. The van der Waals surface area contributed by atoms with E-state index in [1.54, 1.807) is 24.4 Å². The maximum Gasteiger partial charge on any atom is 0.433 e. The minimum absolute atomic E-state index is 0.0257. The molecule has 1 amide bonds. The van der Waals surface area contributed by atoms with Gasteiger partial charge in [0.2, 0.25) is 0 Å². The lowest BCUT2D eigenvalue weighted by atomic mass is 10.1. The zero-order chi connectivity index (χ0) is 23.0. The molecule has 0 aliphatic rings. The Hall–Kier alpha value is -3.52. The van der Waals surface area contributed by atoms with Crippen molar-refractivity contribution < 1.29 is 18.0 Å². The van der Waals surface area contributed by atoms with Crippen LogP contribution in [0.2, 0.25) is 5.02 Å². The van der Waals surface area contributed by atoms with Gasteiger partial charge in [-0.1, -0.05) is 23.7 Å². The Morgan fingerprint density at radius 3 is 2.53 bits per heavy atom. The van der Waals surface area contributed by atoms with Crippen LogP contribution in [0.5, 0.6) is 0 Å². The summed E-state index contributed by atoms with van der Waals surface area (Å²) in [4.78, 5) is 25.2. The number of aryl methyl sites for hydroxylation is 2. The van der Waals surface area contributed by atoms with Crippen molar-refractivity contribution in [1.29, 1.82) is 0 Å². The Morgan fingerprint density at radius 1 is 1.03 bits per heavy atom. The van der Waals surface area contributed by atoms with E-state index in [2.05, 4.69) is 20.3 Å². The molecular weight excluding hydrogens is 441 g/mol. The van der Waals surface area contributed by atoms with Crippen LogP contribution in [0, 0.1) is 13.8 Å². The summed E-state index contributed by atoms with van der Waals surface area (Å²) in [7, 11) is 0. The molecule has 0 atom stereocenters. The van der Waals surface area contributed by atoms with E-state index in [0.717, 1.165) is 23.2 Å². The van der Waals surface area contributed by atoms with Crippen LogP contribution in [-0.4, -0.2) is 20.9 Å². The summed E-state index contributed by atoms with van der Waals surface area (Å²) in [5.41, 5.74) is 2.93. The summed E-state index contributed by atoms with van der Waals surface area (Å²) >= 11 is 6.36. The van der Waals surface area contributed by atoms with Crippen LogP contribution < -0.4 is 5.32 Å². The zero-order valence-corrected chi connectivity index (χ0v) is 17.7. The van der Waals surface area contributed by atoms with Gasteiger partial charge in [0.25, 0.3) is 5.91 Å². The van der Waals surface area contributed by atoms with Crippen LogP contribution in [0.25, 0.3) is 22.3 Å². The number of para-hydroxylation sites is 1. The van der Waals surface area contributed by atoms with Crippen LogP contribution >= 0.6 is 11.6 Å². The van der Waals surface area contributed by atoms with Gasteiger partial charge >= 0.3 is 6.18 Å². The van der Waals surface area contributed by atoms with E-state index in [4.69, 9.17) is 11.6 Å². The number of carbonyl (C=O) groups excluding carboxylic acids is 1. The molecule has 2 aromatic heterocycles. The number of hydrogen-bond acceptors (Lipinski definition) is 4. The minimum Gasteiger partial charge on any atom is -0.322 e. The van der Waals surface area contributed by atoms with Crippen molar-refractivity contribution in [2.45, 2.75) is 20.0 Å². The number of alkyl halides is 3. The first kappa shape index (κ1) is 21.7. The molecule has 5 nitrogen and oxygen atoms in total. The molecule has 9 heteroatoms. The SMILES string of the molecule is Cc1nc(C(F)(F)F)ccc1C(=O)Nc1ccc(Cl)c(-c2cnc3c(C)cccc3n2)c1. The fourth-order valence-electron chi connectivity index (χ4n) is 3.27. The Labute approximate surface area is 186 Å². The molecular formula is C23H16ClF3N4O. The molecule has 0 aliphatic heterocycles. The van der Waals surface area contributed by atoms with Crippen LogP contribution in [0.4, 0.5) is 18.9 Å². The summed E-state index contributed by atoms with van der Waals surface area (Å²) < 4.78 is 38.5.